The Morgan fingerprint density at radius 3 is 2.47 bits per heavy atom. The number of carbonyl (C=O) groups excluding carboxylic acids is 1. The third kappa shape index (κ3) is 3.85. The highest BCUT2D eigenvalue weighted by atomic mass is 35.5. The summed E-state index contributed by atoms with van der Waals surface area (Å²) in [5.41, 5.74) is 6.06. The van der Waals surface area contributed by atoms with Crippen molar-refractivity contribution >= 4 is 18.3 Å². The third-order valence-corrected chi connectivity index (χ3v) is 4.31. The van der Waals surface area contributed by atoms with Crippen LogP contribution in [0.1, 0.15) is 58.3 Å². The molecule has 1 amide bonds. The van der Waals surface area contributed by atoms with Gasteiger partial charge in [-0.1, -0.05) is 19.3 Å². The number of carbonyl (C=O) groups is 1. The van der Waals surface area contributed by atoms with Gasteiger partial charge in [-0.15, -0.1) is 12.4 Å². The summed E-state index contributed by atoms with van der Waals surface area (Å²) in [4.78, 5) is 11.9. The highest BCUT2D eigenvalue weighted by Gasteiger charge is 2.32. The van der Waals surface area contributed by atoms with E-state index in [-0.39, 0.29) is 29.9 Å². The molecule has 0 heterocycles. The molecule has 100 valence electrons. The molecule has 0 radical (unpaired) electrons. The molecule has 3 N–H and O–H groups in total. The monoisotopic (exact) mass is 260 g/mol. The smallest absolute Gasteiger partial charge is 0.220 e. The Morgan fingerprint density at radius 2 is 1.94 bits per heavy atom. The van der Waals surface area contributed by atoms with Crippen molar-refractivity contribution in [3.05, 3.63) is 0 Å². The highest BCUT2D eigenvalue weighted by molar-refractivity contribution is 5.85. The molecule has 4 heteroatoms. The van der Waals surface area contributed by atoms with Crippen molar-refractivity contribution in [2.24, 2.45) is 11.7 Å². The molecule has 0 unspecified atom stereocenters. The van der Waals surface area contributed by atoms with Crippen LogP contribution >= 0.6 is 12.4 Å². The normalized spacial score (nSPS) is 30.9. The first-order chi connectivity index (χ1) is 7.59. The van der Waals surface area contributed by atoms with Gasteiger partial charge in [0.15, 0.2) is 0 Å². The Bertz CT molecular complexity index is 264. The van der Waals surface area contributed by atoms with E-state index in [4.69, 9.17) is 5.73 Å². The molecule has 0 aromatic heterocycles. The van der Waals surface area contributed by atoms with Gasteiger partial charge in [-0.2, -0.15) is 0 Å². The number of hydrogen-bond donors (Lipinski definition) is 2. The fraction of sp³-hybridized carbons (Fsp3) is 0.923. The van der Waals surface area contributed by atoms with Crippen LogP contribution in [0.3, 0.4) is 0 Å². The Morgan fingerprint density at radius 1 is 1.29 bits per heavy atom. The number of hydrogen-bond acceptors (Lipinski definition) is 2. The number of amides is 1. The van der Waals surface area contributed by atoms with Crippen LogP contribution in [-0.4, -0.2) is 17.5 Å². The Balaban J connectivity index is 0.00000144. The van der Waals surface area contributed by atoms with Crippen LogP contribution in [0, 0.1) is 5.92 Å². The molecular formula is C13H25ClN2O. The predicted octanol–water partition coefficient (Wildman–Crippen LogP) is 2.37. The van der Waals surface area contributed by atoms with E-state index in [0.29, 0.717) is 12.3 Å². The number of rotatable bonds is 3. The zero-order valence-corrected chi connectivity index (χ0v) is 11.5. The molecule has 0 aromatic carbocycles. The second-order valence-electron chi connectivity index (χ2n) is 5.87. The lowest BCUT2D eigenvalue weighted by molar-refractivity contribution is -0.123. The summed E-state index contributed by atoms with van der Waals surface area (Å²) in [5.74, 6) is 0.636. The largest absolute Gasteiger partial charge is 0.351 e. The van der Waals surface area contributed by atoms with E-state index in [0.717, 1.165) is 25.7 Å². The van der Waals surface area contributed by atoms with Crippen molar-refractivity contribution in [2.75, 3.05) is 0 Å². The number of nitrogens with two attached hydrogens (primary N) is 1. The molecule has 0 spiro atoms. The first-order valence-electron chi connectivity index (χ1n) is 6.66. The Labute approximate surface area is 110 Å². The minimum atomic E-state index is 0. The molecule has 0 bridgehead atoms. The summed E-state index contributed by atoms with van der Waals surface area (Å²) >= 11 is 0. The first-order valence-corrected chi connectivity index (χ1v) is 6.66. The summed E-state index contributed by atoms with van der Waals surface area (Å²) in [5, 5.41) is 3.21. The van der Waals surface area contributed by atoms with E-state index in [1.165, 1.54) is 19.3 Å². The SMILES string of the molecule is CC1(NC(=O)C[C@@H]2CCC[C@H]2N)CCCC1.Cl. The second-order valence-corrected chi connectivity index (χ2v) is 5.87. The molecule has 3 nitrogen and oxygen atoms in total. The van der Waals surface area contributed by atoms with Crippen molar-refractivity contribution in [1.29, 1.82) is 0 Å². The van der Waals surface area contributed by atoms with Crippen LogP contribution in [0.4, 0.5) is 0 Å². The van der Waals surface area contributed by atoms with Crippen LogP contribution in [0.25, 0.3) is 0 Å². The summed E-state index contributed by atoms with van der Waals surface area (Å²) in [6.07, 6.45) is 8.82. The molecule has 2 atom stereocenters. The van der Waals surface area contributed by atoms with Crippen molar-refractivity contribution < 1.29 is 4.79 Å². The number of halogens is 1. The lowest BCUT2D eigenvalue weighted by Gasteiger charge is -2.26. The highest BCUT2D eigenvalue weighted by Crippen LogP contribution is 2.30. The van der Waals surface area contributed by atoms with Crippen LogP contribution in [0.5, 0.6) is 0 Å². The van der Waals surface area contributed by atoms with Gasteiger partial charge in [0.25, 0.3) is 0 Å². The number of nitrogens with one attached hydrogen (secondary N) is 1. The average Bonchev–Trinajstić information content (AvgIpc) is 2.77. The molecule has 2 rings (SSSR count). The van der Waals surface area contributed by atoms with Gasteiger partial charge in [0.2, 0.25) is 5.91 Å². The first kappa shape index (κ1) is 14.8. The van der Waals surface area contributed by atoms with E-state index in [1.807, 2.05) is 0 Å². The van der Waals surface area contributed by atoms with Gasteiger partial charge in [-0.3, -0.25) is 4.79 Å². The van der Waals surface area contributed by atoms with Crippen molar-refractivity contribution in [2.45, 2.75) is 69.9 Å². The van der Waals surface area contributed by atoms with Crippen molar-refractivity contribution in [3.63, 3.8) is 0 Å². The summed E-state index contributed by atoms with van der Waals surface area (Å²) < 4.78 is 0. The zero-order valence-electron chi connectivity index (χ0n) is 10.7. The van der Waals surface area contributed by atoms with Crippen molar-refractivity contribution in [1.82, 2.24) is 5.32 Å². The molecule has 17 heavy (non-hydrogen) atoms. The van der Waals surface area contributed by atoms with Gasteiger partial charge < -0.3 is 11.1 Å². The summed E-state index contributed by atoms with van der Waals surface area (Å²) in [7, 11) is 0. The average molecular weight is 261 g/mol. The third-order valence-electron chi connectivity index (χ3n) is 4.31. The topological polar surface area (TPSA) is 55.1 Å². The Kier molecular flexibility index (Phi) is 5.26. The molecule has 0 saturated heterocycles. The fourth-order valence-corrected chi connectivity index (χ4v) is 3.23. The second kappa shape index (κ2) is 6.05. The molecule has 2 fully saturated rings. The van der Waals surface area contributed by atoms with Gasteiger partial charge in [0.1, 0.15) is 0 Å². The molecule has 2 saturated carbocycles. The van der Waals surface area contributed by atoms with Gasteiger partial charge in [-0.05, 0) is 38.5 Å². The van der Waals surface area contributed by atoms with E-state index < -0.39 is 0 Å². The van der Waals surface area contributed by atoms with Gasteiger partial charge in [0.05, 0.1) is 0 Å². The maximum atomic E-state index is 11.9. The van der Waals surface area contributed by atoms with Gasteiger partial charge in [0, 0.05) is 18.0 Å². The molecular weight excluding hydrogens is 236 g/mol. The Hall–Kier alpha value is -0.280. The molecule has 0 aliphatic heterocycles. The van der Waals surface area contributed by atoms with Gasteiger partial charge in [-0.25, -0.2) is 0 Å². The van der Waals surface area contributed by atoms with Crippen LogP contribution < -0.4 is 11.1 Å². The van der Waals surface area contributed by atoms with E-state index >= 15 is 0 Å². The van der Waals surface area contributed by atoms with Crippen LogP contribution in [0.2, 0.25) is 0 Å². The van der Waals surface area contributed by atoms with Gasteiger partial charge >= 0.3 is 0 Å². The van der Waals surface area contributed by atoms with Crippen LogP contribution in [-0.2, 0) is 4.79 Å². The molecule has 2 aliphatic carbocycles. The van der Waals surface area contributed by atoms with Crippen molar-refractivity contribution in [3.8, 4) is 0 Å². The minimum Gasteiger partial charge on any atom is -0.351 e. The lowest BCUT2D eigenvalue weighted by Crippen LogP contribution is -2.44. The maximum Gasteiger partial charge on any atom is 0.220 e. The minimum absolute atomic E-state index is 0. The maximum absolute atomic E-state index is 11.9. The lowest BCUT2D eigenvalue weighted by atomic mass is 9.96. The zero-order chi connectivity index (χ0) is 11.6. The standard InChI is InChI=1S/C13H24N2O.ClH/c1-13(7-2-3-8-13)15-12(16)9-10-5-4-6-11(10)14;/h10-11H,2-9,14H2,1H3,(H,15,16);1H/t10-,11+;/m0./s1. The molecule has 0 aromatic rings. The predicted molar refractivity (Wildman–Crippen MR) is 72.2 cm³/mol. The quantitative estimate of drug-likeness (QED) is 0.819. The van der Waals surface area contributed by atoms with E-state index in [2.05, 4.69) is 12.2 Å². The summed E-state index contributed by atoms with van der Waals surface area (Å²) in [6.45, 7) is 2.17. The summed E-state index contributed by atoms with van der Waals surface area (Å²) in [6, 6.07) is 0.252. The van der Waals surface area contributed by atoms with E-state index in [9.17, 15) is 4.79 Å². The molecule has 2 aliphatic rings. The fourth-order valence-electron chi connectivity index (χ4n) is 3.23. The van der Waals surface area contributed by atoms with Crippen LogP contribution in [0.15, 0.2) is 0 Å². The van der Waals surface area contributed by atoms with E-state index in [1.54, 1.807) is 0 Å².